The first-order chi connectivity index (χ1) is 55.8. The van der Waals surface area contributed by atoms with Crippen molar-refractivity contribution in [2.75, 3.05) is 0 Å². The third-order valence-corrected chi connectivity index (χ3v) is 20.0. The predicted octanol–water partition coefficient (Wildman–Crippen LogP) is 21.1. The van der Waals surface area contributed by atoms with Gasteiger partial charge in [0, 0.05) is 80.0 Å². The summed E-state index contributed by atoms with van der Waals surface area (Å²) in [6, 6.07) is 80.2. The molecule has 0 unspecified atom stereocenters. The van der Waals surface area contributed by atoms with Crippen LogP contribution in [0.4, 0.5) is 8.78 Å². The van der Waals surface area contributed by atoms with Gasteiger partial charge >= 0.3 is 0 Å². The topological polar surface area (TPSA) is 215 Å². The summed E-state index contributed by atoms with van der Waals surface area (Å²) in [6.45, 7) is 14.3. The molecule has 17 nitrogen and oxygen atoms in total. The molecule has 9 aromatic carbocycles. The molecule has 0 atom stereocenters. The van der Waals surface area contributed by atoms with Gasteiger partial charge in [-0.05, 0) is 104 Å². The number of imidazole rings is 4. The van der Waals surface area contributed by atoms with Crippen molar-refractivity contribution >= 4 is 22.6 Å². The maximum atomic E-state index is 13.9. The largest absolute Gasteiger partial charge is 0.493 e. The Balaban J connectivity index is 0.000000128. The van der Waals surface area contributed by atoms with Crippen molar-refractivity contribution in [2.24, 2.45) is 0 Å². The SMILES string of the molecule is C.Cc1ccc(Cc2nc3c(C(C)C)nc(-c4ccccc4)cn3c2O)cc1.Cc1ccc(Cc2nc3c(C)nc(-c4ccccc4)cn3c2O)cc1.Cc1ccc(Cc2nc3c(Cc4ccccc4)nc(-c4ccc(F)c(F)c4)cn3c2O)cc1.Cc1ccc(Cc2nc3c(Cc4ccccc4)nc(-c4ccco4)cn3c2O)cc1. The normalized spacial score (nSPS) is 11.2. The second-order valence-electron chi connectivity index (χ2n) is 29.1. The average Bonchev–Trinajstić information content (AvgIpc) is 1.60. The highest BCUT2D eigenvalue weighted by molar-refractivity contribution is 5.67. The van der Waals surface area contributed by atoms with Crippen molar-refractivity contribution in [1.29, 1.82) is 0 Å². The standard InChI is InChI=1S/C27H21F2N3O.C25H21N3O2.C23H23N3O.C21H19N3O.CH4/c1-17-7-9-19(10-8-17)14-24-27(33)32-16-25(20-11-12-21(28)22(29)15-20)30-23(26(32)31-24)13-18-5-3-2-4-6-18;1-17-9-11-19(12-10-17)15-21-25(29)28-16-22(23-8-5-13-30-23)26-20(24(28)27-21)14-18-6-3-2-4-7-18;1-15(2)21-22-25-19(13-17-11-9-16(3)10-12-17)23(27)26(22)14-20(24-21)18-7-5-4-6-8-18;1-14-8-10-16(11-9-14)12-18-21(25)24-13-19(17-6-4-3-5-7-17)22-15(2)20(24)23-18;/h2-12,15-16,33H,13-14H2,1H3;2-13,16,29H,14-15H2,1H3;4-12,14-15,27H,13H2,1-3H3;3-11,13,25H,12H2,1-2H3;1H4. The number of fused-ring (bicyclic) bond motifs is 4. The summed E-state index contributed by atoms with van der Waals surface area (Å²) in [6.07, 6.45) is 12.0. The number of aromatic nitrogens is 12. The van der Waals surface area contributed by atoms with E-state index in [9.17, 15) is 29.2 Å². The number of halogens is 2. The molecule has 9 aromatic heterocycles. The van der Waals surface area contributed by atoms with Gasteiger partial charge in [0.15, 0.2) is 40.0 Å². The van der Waals surface area contributed by atoms with Gasteiger partial charge in [-0.25, -0.2) is 48.7 Å². The van der Waals surface area contributed by atoms with Gasteiger partial charge < -0.3 is 24.8 Å². The Hall–Kier alpha value is -14.2. The minimum absolute atomic E-state index is 0. The highest BCUT2D eigenvalue weighted by atomic mass is 19.2. The average molecular weight is 1540 g/mol. The fourth-order valence-electron chi connectivity index (χ4n) is 13.7. The van der Waals surface area contributed by atoms with Crippen molar-refractivity contribution in [2.45, 2.75) is 100 Å². The van der Waals surface area contributed by atoms with E-state index in [4.69, 9.17) is 34.3 Å². The van der Waals surface area contributed by atoms with E-state index in [1.165, 1.54) is 22.8 Å². The Kier molecular flexibility index (Phi) is 23.6. The van der Waals surface area contributed by atoms with Crippen LogP contribution in [-0.2, 0) is 38.5 Å². The smallest absolute Gasteiger partial charge is 0.219 e. The molecule has 19 heteroatoms. The lowest BCUT2D eigenvalue weighted by Crippen LogP contribution is -2.01. The van der Waals surface area contributed by atoms with Gasteiger partial charge in [-0.1, -0.05) is 262 Å². The minimum atomic E-state index is -0.950. The summed E-state index contributed by atoms with van der Waals surface area (Å²) in [5.74, 6) is -0.514. The highest BCUT2D eigenvalue weighted by Gasteiger charge is 2.24. The van der Waals surface area contributed by atoms with Crippen molar-refractivity contribution < 1.29 is 33.6 Å². The van der Waals surface area contributed by atoms with Crippen LogP contribution in [0.2, 0.25) is 0 Å². The van der Waals surface area contributed by atoms with E-state index in [0.717, 1.165) is 96.3 Å². The first-order valence-corrected chi connectivity index (χ1v) is 38.1. The van der Waals surface area contributed by atoms with E-state index in [-0.39, 0.29) is 36.9 Å². The molecule has 4 N–H and O–H groups in total. The van der Waals surface area contributed by atoms with Crippen molar-refractivity contribution in [3.05, 3.63) is 393 Å². The number of benzene rings is 9. The van der Waals surface area contributed by atoms with Crippen LogP contribution in [0.25, 0.3) is 67.8 Å². The van der Waals surface area contributed by atoms with Crippen LogP contribution < -0.4 is 0 Å². The minimum Gasteiger partial charge on any atom is -0.493 e. The van der Waals surface area contributed by atoms with Crippen LogP contribution >= 0.6 is 0 Å². The van der Waals surface area contributed by atoms with Crippen molar-refractivity contribution in [3.8, 4) is 68.7 Å². The molecule has 0 saturated carbocycles. The van der Waals surface area contributed by atoms with Crippen molar-refractivity contribution in [3.63, 3.8) is 0 Å². The van der Waals surface area contributed by atoms with Gasteiger partial charge in [-0.2, -0.15) is 0 Å². The zero-order valence-electron chi connectivity index (χ0n) is 64.7. The molecule has 0 amide bonds. The van der Waals surface area contributed by atoms with Gasteiger partial charge in [-0.3, -0.25) is 17.6 Å². The van der Waals surface area contributed by atoms with Crippen LogP contribution in [0.3, 0.4) is 0 Å². The van der Waals surface area contributed by atoms with Gasteiger partial charge in [0.05, 0.1) is 46.1 Å². The van der Waals surface area contributed by atoms with Gasteiger partial charge in [0.2, 0.25) is 23.5 Å². The Morgan fingerprint density at radius 3 is 1.03 bits per heavy atom. The summed E-state index contributed by atoms with van der Waals surface area (Å²) < 4.78 is 39.7. The van der Waals surface area contributed by atoms with Crippen LogP contribution in [0.5, 0.6) is 23.5 Å². The number of nitrogens with zero attached hydrogens (tertiary/aromatic N) is 12. The molecule has 0 aliphatic heterocycles. The maximum Gasteiger partial charge on any atom is 0.219 e. The molecule has 0 aliphatic rings. The predicted molar refractivity (Wildman–Crippen MR) is 453 cm³/mol. The van der Waals surface area contributed by atoms with Crippen LogP contribution in [-0.4, -0.2) is 77.9 Å². The van der Waals surface area contributed by atoms with E-state index >= 15 is 0 Å². The lowest BCUT2D eigenvalue weighted by atomic mass is 10.1. The molecule has 0 fully saturated rings. The molecule has 18 rings (SSSR count). The summed E-state index contributed by atoms with van der Waals surface area (Å²) in [4.78, 5) is 37.9. The monoisotopic (exact) mass is 1540 g/mol. The molecule has 0 spiro atoms. The second-order valence-corrected chi connectivity index (χ2v) is 29.1. The second kappa shape index (κ2) is 34.8. The Labute approximate surface area is 671 Å². The third-order valence-electron chi connectivity index (χ3n) is 20.0. The number of rotatable bonds is 17. The molecule has 0 bridgehead atoms. The van der Waals surface area contributed by atoms with E-state index in [1.54, 1.807) is 36.3 Å². The van der Waals surface area contributed by atoms with E-state index in [0.29, 0.717) is 107 Å². The third kappa shape index (κ3) is 17.8. The molecular formula is C97H88F2N12O5. The van der Waals surface area contributed by atoms with Crippen molar-refractivity contribution in [1.82, 2.24) is 57.5 Å². The molecule has 18 aromatic rings. The number of hydrogen-bond acceptors (Lipinski definition) is 13. The summed E-state index contributed by atoms with van der Waals surface area (Å²) in [5, 5.41) is 43.5. The Bertz CT molecular complexity index is 6410. The van der Waals surface area contributed by atoms with Gasteiger partial charge in [0.1, 0.15) is 28.5 Å². The first kappa shape index (κ1) is 78.5. The van der Waals surface area contributed by atoms with Gasteiger partial charge in [0.25, 0.3) is 0 Å². The van der Waals surface area contributed by atoms with Crippen LogP contribution in [0.1, 0.15) is 128 Å². The van der Waals surface area contributed by atoms with Crippen LogP contribution in [0, 0.1) is 46.3 Å². The highest BCUT2D eigenvalue weighted by Crippen LogP contribution is 2.35. The molecular weight excluding hydrogens is 1450 g/mol. The molecule has 580 valence electrons. The zero-order chi connectivity index (χ0) is 79.8. The first-order valence-electron chi connectivity index (χ1n) is 38.1. The van der Waals surface area contributed by atoms with E-state index < -0.39 is 11.6 Å². The summed E-state index contributed by atoms with van der Waals surface area (Å²) >= 11 is 0. The van der Waals surface area contributed by atoms with E-state index in [1.807, 2.05) is 172 Å². The molecule has 0 saturated heterocycles. The summed E-state index contributed by atoms with van der Waals surface area (Å²) in [7, 11) is 0. The maximum absolute atomic E-state index is 13.9. The molecule has 116 heavy (non-hydrogen) atoms. The molecule has 0 aliphatic carbocycles. The summed E-state index contributed by atoms with van der Waals surface area (Å²) in [5.41, 5.74) is 24.7. The Morgan fingerprint density at radius 2 is 0.638 bits per heavy atom. The number of aryl methyl sites for hydroxylation is 5. The van der Waals surface area contributed by atoms with E-state index in [2.05, 4.69) is 130 Å². The van der Waals surface area contributed by atoms with Crippen LogP contribution in [0.15, 0.2) is 284 Å². The molecule has 9 heterocycles. The number of aromatic hydroxyl groups is 4. The fraction of sp³-hybridized carbons (Fsp3) is 0.155. The lowest BCUT2D eigenvalue weighted by molar-refractivity contribution is 0.441. The van der Waals surface area contributed by atoms with Gasteiger partial charge in [-0.15, -0.1) is 0 Å². The lowest BCUT2D eigenvalue weighted by Gasteiger charge is -2.10. The zero-order valence-corrected chi connectivity index (χ0v) is 64.7. The number of hydrogen-bond donors (Lipinski definition) is 4. The number of furan rings is 1. The quantitative estimate of drug-likeness (QED) is 0.0668. The fourth-order valence-corrected chi connectivity index (χ4v) is 13.7. The molecule has 0 radical (unpaired) electrons. The Morgan fingerprint density at radius 1 is 0.310 bits per heavy atom.